The van der Waals surface area contributed by atoms with Crippen LogP contribution in [0.1, 0.15) is 40.8 Å². The van der Waals surface area contributed by atoms with Crippen molar-refractivity contribution in [3.8, 4) is 0 Å². The third-order valence-corrected chi connectivity index (χ3v) is 2.46. The monoisotopic (exact) mass is 263 g/mol. The van der Waals surface area contributed by atoms with Crippen molar-refractivity contribution >= 4 is 17.6 Å². The summed E-state index contributed by atoms with van der Waals surface area (Å²) < 4.78 is 6.59. The normalized spacial score (nSPS) is 10.7. The van der Waals surface area contributed by atoms with Gasteiger partial charge in [0.25, 0.3) is 5.91 Å². The smallest absolute Gasteiger partial charge is 0.338 e. The Balaban J connectivity index is 2.09. The minimum atomic E-state index is -1.14. The summed E-state index contributed by atoms with van der Waals surface area (Å²) in [5, 5.41) is 15.4. The molecule has 2 heterocycles. The largest absolute Gasteiger partial charge is 0.478 e. The number of anilines is 1. The maximum Gasteiger partial charge on any atom is 0.338 e. The summed E-state index contributed by atoms with van der Waals surface area (Å²) in [7, 11) is 0. The molecule has 0 radical (unpaired) electrons. The minimum Gasteiger partial charge on any atom is -0.478 e. The van der Waals surface area contributed by atoms with Crippen molar-refractivity contribution in [2.24, 2.45) is 0 Å². The second-order valence-corrected chi connectivity index (χ2v) is 4.26. The Morgan fingerprint density at radius 1 is 1.47 bits per heavy atom. The first kappa shape index (κ1) is 12.9. The van der Waals surface area contributed by atoms with E-state index in [4.69, 9.17) is 9.52 Å². The first-order valence-corrected chi connectivity index (χ1v) is 5.64. The van der Waals surface area contributed by atoms with E-state index in [1.165, 1.54) is 12.3 Å². The first-order valence-electron chi connectivity index (χ1n) is 5.64. The second-order valence-electron chi connectivity index (χ2n) is 4.26. The van der Waals surface area contributed by atoms with Gasteiger partial charge in [-0.1, -0.05) is 0 Å². The number of amides is 1. The number of hydrogen-bond donors (Lipinski definition) is 2. The van der Waals surface area contributed by atoms with E-state index in [2.05, 4.69) is 10.4 Å². The Kier molecular flexibility index (Phi) is 3.37. The number of carbonyl (C=O) groups excluding carboxylic acids is 1. The summed E-state index contributed by atoms with van der Waals surface area (Å²) in [5.74, 6) is -1.72. The maximum atomic E-state index is 11.8. The number of carboxylic acids is 1. The van der Waals surface area contributed by atoms with Crippen LogP contribution >= 0.6 is 0 Å². The lowest BCUT2D eigenvalue weighted by molar-refractivity contribution is 0.0696. The summed E-state index contributed by atoms with van der Waals surface area (Å²) in [6, 6.07) is 1.36. The fourth-order valence-corrected chi connectivity index (χ4v) is 1.45. The van der Waals surface area contributed by atoms with E-state index in [1.54, 1.807) is 10.9 Å². The lowest BCUT2D eigenvalue weighted by atomic mass is 10.3. The predicted octanol–water partition coefficient (Wildman–Crippen LogP) is 2.01. The molecule has 0 saturated carbocycles. The van der Waals surface area contributed by atoms with E-state index in [9.17, 15) is 9.59 Å². The van der Waals surface area contributed by atoms with Gasteiger partial charge in [0.1, 0.15) is 6.26 Å². The zero-order valence-electron chi connectivity index (χ0n) is 10.5. The summed E-state index contributed by atoms with van der Waals surface area (Å²) in [6.07, 6.45) is 4.22. The summed E-state index contributed by atoms with van der Waals surface area (Å²) in [6.45, 7) is 3.93. The Morgan fingerprint density at radius 2 is 2.21 bits per heavy atom. The third kappa shape index (κ3) is 2.82. The molecular formula is C12H13N3O4. The number of aromatic nitrogens is 2. The molecule has 2 N–H and O–H groups in total. The topological polar surface area (TPSA) is 97.4 Å². The lowest BCUT2D eigenvalue weighted by Gasteiger charge is -2.03. The van der Waals surface area contributed by atoms with Gasteiger partial charge in [0.05, 0.1) is 17.4 Å². The van der Waals surface area contributed by atoms with Crippen LogP contribution in [0.25, 0.3) is 0 Å². The molecule has 0 aliphatic rings. The lowest BCUT2D eigenvalue weighted by Crippen LogP contribution is -2.10. The van der Waals surface area contributed by atoms with Crippen LogP contribution in [0, 0.1) is 0 Å². The van der Waals surface area contributed by atoms with Gasteiger partial charge in [0, 0.05) is 18.3 Å². The van der Waals surface area contributed by atoms with Crippen molar-refractivity contribution in [3.05, 3.63) is 36.0 Å². The van der Waals surface area contributed by atoms with E-state index < -0.39 is 11.9 Å². The van der Waals surface area contributed by atoms with Crippen LogP contribution in [0.15, 0.2) is 29.1 Å². The number of hydrogen-bond acceptors (Lipinski definition) is 4. The molecule has 0 unspecified atom stereocenters. The highest BCUT2D eigenvalue weighted by Crippen LogP contribution is 2.13. The molecule has 7 nitrogen and oxygen atoms in total. The van der Waals surface area contributed by atoms with Crippen LogP contribution in [0.5, 0.6) is 0 Å². The van der Waals surface area contributed by atoms with Gasteiger partial charge in [0.2, 0.25) is 0 Å². The van der Waals surface area contributed by atoms with Crippen molar-refractivity contribution < 1.29 is 19.1 Å². The molecule has 2 rings (SSSR count). The van der Waals surface area contributed by atoms with Gasteiger partial charge < -0.3 is 14.8 Å². The standard InChI is InChI=1S/C12H13N3O4/c1-7(2)15-5-9(4-13-15)14-11(16)10-3-8(6-19-10)12(17)18/h3-7H,1-2H3,(H,14,16)(H,17,18). The molecule has 0 aliphatic carbocycles. The molecule has 100 valence electrons. The summed E-state index contributed by atoms with van der Waals surface area (Å²) >= 11 is 0. The maximum absolute atomic E-state index is 11.8. The van der Waals surface area contributed by atoms with Crippen LogP contribution in [-0.2, 0) is 0 Å². The average molecular weight is 263 g/mol. The minimum absolute atomic E-state index is 0.0605. The molecule has 19 heavy (non-hydrogen) atoms. The van der Waals surface area contributed by atoms with Gasteiger partial charge in [-0.2, -0.15) is 5.10 Å². The molecule has 0 saturated heterocycles. The molecule has 2 aromatic heterocycles. The van der Waals surface area contributed by atoms with Crippen LogP contribution in [0.3, 0.4) is 0 Å². The number of nitrogens with one attached hydrogen (secondary N) is 1. The molecule has 1 amide bonds. The number of nitrogens with zero attached hydrogens (tertiary/aromatic N) is 2. The number of furan rings is 1. The Hall–Kier alpha value is -2.57. The van der Waals surface area contributed by atoms with Gasteiger partial charge in [-0.3, -0.25) is 9.48 Å². The predicted molar refractivity (Wildman–Crippen MR) is 66.2 cm³/mol. The number of carboxylic acid groups (broad SMARTS) is 1. The highest BCUT2D eigenvalue weighted by molar-refractivity contribution is 6.03. The van der Waals surface area contributed by atoms with Crippen LogP contribution in [-0.4, -0.2) is 26.8 Å². The van der Waals surface area contributed by atoms with Crippen LogP contribution in [0.4, 0.5) is 5.69 Å². The summed E-state index contributed by atoms with van der Waals surface area (Å²) in [5.41, 5.74) is 0.454. The number of rotatable bonds is 4. The number of carbonyl (C=O) groups is 2. The molecule has 0 spiro atoms. The third-order valence-electron chi connectivity index (χ3n) is 2.46. The van der Waals surface area contributed by atoms with E-state index in [-0.39, 0.29) is 17.4 Å². The first-order chi connectivity index (χ1) is 8.97. The molecule has 0 aliphatic heterocycles. The highest BCUT2D eigenvalue weighted by atomic mass is 16.4. The van der Waals surface area contributed by atoms with E-state index in [0.717, 1.165) is 6.26 Å². The fraction of sp³-hybridized carbons (Fsp3) is 0.250. The quantitative estimate of drug-likeness (QED) is 0.879. The molecule has 0 aromatic carbocycles. The molecule has 0 bridgehead atoms. The summed E-state index contributed by atoms with van der Waals surface area (Å²) in [4.78, 5) is 22.5. The zero-order valence-corrected chi connectivity index (χ0v) is 10.5. The van der Waals surface area contributed by atoms with Gasteiger partial charge in [-0.25, -0.2) is 4.79 Å². The highest BCUT2D eigenvalue weighted by Gasteiger charge is 2.15. The van der Waals surface area contributed by atoms with E-state index in [1.807, 2.05) is 13.8 Å². The fourth-order valence-electron chi connectivity index (χ4n) is 1.45. The number of aromatic carboxylic acids is 1. The Labute approximate surface area is 108 Å². The van der Waals surface area contributed by atoms with Crippen molar-refractivity contribution in [2.75, 3.05) is 5.32 Å². The van der Waals surface area contributed by atoms with Crippen LogP contribution in [0.2, 0.25) is 0 Å². The second kappa shape index (κ2) is 4.97. The SMILES string of the molecule is CC(C)n1cc(NC(=O)c2cc(C(=O)O)co2)cn1. The van der Waals surface area contributed by atoms with Gasteiger partial charge in [-0.05, 0) is 13.8 Å². The van der Waals surface area contributed by atoms with E-state index >= 15 is 0 Å². The van der Waals surface area contributed by atoms with Crippen molar-refractivity contribution in [1.29, 1.82) is 0 Å². The average Bonchev–Trinajstić information content (AvgIpc) is 2.96. The molecule has 0 fully saturated rings. The van der Waals surface area contributed by atoms with E-state index in [0.29, 0.717) is 5.69 Å². The molecule has 7 heteroatoms. The molecule has 0 atom stereocenters. The Morgan fingerprint density at radius 3 is 2.74 bits per heavy atom. The van der Waals surface area contributed by atoms with Gasteiger partial charge in [-0.15, -0.1) is 0 Å². The van der Waals surface area contributed by atoms with Gasteiger partial charge >= 0.3 is 5.97 Å². The van der Waals surface area contributed by atoms with Crippen LogP contribution < -0.4 is 5.32 Å². The van der Waals surface area contributed by atoms with Gasteiger partial charge in [0.15, 0.2) is 5.76 Å². The molecular weight excluding hydrogens is 250 g/mol. The van der Waals surface area contributed by atoms with Crippen molar-refractivity contribution in [3.63, 3.8) is 0 Å². The Bertz CT molecular complexity index is 612. The molecule has 2 aromatic rings. The van der Waals surface area contributed by atoms with Crippen molar-refractivity contribution in [2.45, 2.75) is 19.9 Å². The zero-order chi connectivity index (χ0) is 14.0. The van der Waals surface area contributed by atoms with Crippen molar-refractivity contribution in [1.82, 2.24) is 9.78 Å².